The SMILES string of the molecule is CCCCN1CC(CC)(CC)NCC1Cc1ccccc1. The molecule has 1 aromatic carbocycles. The van der Waals surface area contributed by atoms with Crippen LogP contribution in [-0.4, -0.2) is 36.1 Å². The Morgan fingerprint density at radius 3 is 2.48 bits per heavy atom. The molecule has 1 aliphatic rings. The van der Waals surface area contributed by atoms with Crippen molar-refractivity contribution in [1.82, 2.24) is 10.2 Å². The number of hydrogen-bond donors (Lipinski definition) is 1. The molecule has 0 saturated carbocycles. The largest absolute Gasteiger partial charge is 0.308 e. The van der Waals surface area contributed by atoms with Crippen molar-refractivity contribution in [2.45, 2.75) is 64.5 Å². The Kier molecular flexibility index (Phi) is 6.25. The molecule has 0 spiro atoms. The summed E-state index contributed by atoms with van der Waals surface area (Å²) in [4.78, 5) is 2.75. The van der Waals surface area contributed by atoms with E-state index in [0.29, 0.717) is 11.6 Å². The zero-order valence-electron chi connectivity index (χ0n) is 14.1. The van der Waals surface area contributed by atoms with Gasteiger partial charge in [-0.3, -0.25) is 4.90 Å². The van der Waals surface area contributed by atoms with Crippen molar-refractivity contribution >= 4 is 0 Å². The molecule has 118 valence electrons. The first-order valence-electron chi connectivity index (χ1n) is 8.76. The van der Waals surface area contributed by atoms with E-state index in [1.165, 1.54) is 50.8 Å². The summed E-state index contributed by atoms with van der Waals surface area (Å²) in [6.07, 6.45) is 6.22. The predicted molar refractivity (Wildman–Crippen MR) is 91.7 cm³/mol. The minimum absolute atomic E-state index is 0.334. The molecule has 0 amide bonds. The van der Waals surface area contributed by atoms with Crippen molar-refractivity contribution < 1.29 is 0 Å². The highest BCUT2D eigenvalue weighted by atomic mass is 15.2. The van der Waals surface area contributed by atoms with Crippen LogP contribution in [0.5, 0.6) is 0 Å². The summed E-state index contributed by atoms with van der Waals surface area (Å²) in [5.74, 6) is 0. The van der Waals surface area contributed by atoms with Crippen molar-refractivity contribution in [2.75, 3.05) is 19.6 Å². The molecule has 2 rings (SSSR count). The molecule has 1 saturated heterocycles. The highest BCUT2D eigenvalue weighted by molar-refractivity contribution is 5.16. The minimum Gasteiger partial charge on any atom is -0.308 e. The topological polar surface area (TPSA) is 15.3 Å². The van der Waals surface area contributed by atoms with Gasteiger partial charge in [0.15, 0.2) is 0 Å². The lowest BCUT2D eigenvalue weighted by Crippen LogP contribution is -2.64. The van der Waals surface area contributed by atoms with Crippen LogP contribution in [0.4, 0.5) is 0 Å². The van der Waals surface area contributed by atoms with Crippen LogP contribution >= 0.6 is 0 Å². The maximum atomic E-state index is 3.87. The molecule has 0 aromatic heterocycles. The van der Waals surface area contributed by atoms with E-state index in [-0.39, 0.29) is 0 Å². The zero-order chi connectivity index (χ0) is 15.1. The minimum atomic E-state index is 0.334. The molecular formula is C19H32N2. The Balaban J connectivity index is 2.05. The molecule has 21 heavy (non-hydrogen) atoms. The Labute approximate surface area is 130 Å². The van der Waals surface area contributed by atoms with Gasteiger partial charge in [0, 0.05) is 24.7 Å². The molecule has 2 nitrogen and oxygen atoms in total. The first-order valence-corrected chi connectivity index (χ1v) is 8.76. The molecule has 1 aliphatic heterocycles. The quantitative estimate of drug-likeness (QED) is 0.819. The van der Waals surface area contributed by atoms with Gasteiger partial charge in [-0.25, -0.2) is 0 Å². The Morgan fingerprint density at radius 1 is 1.14 bits per heavy atom. The van der Waals surface area contributed by atoms with Gasteiger partial charge >= 0.3 is 0 Å². The van der Waals surface area contributed by atoms with Crippen LogP contribution in [0.25, 0.3) is 0 Å². The van der Waals surface area contributed by atoms with E-state index < -0.39 is 0 Å². The third-order valence-electron chi connectivity index (χ3n) is 5.20. The fourth-order valence-corrected chi connectivity index (χ4v) is 3.47. The highest BCUT2D eigenvalue weighted by Gasteiger charge is 2.36. The van der Waals surface area contributed by atoms with Gasteiger partial charge in [-0.2, -0.15) is 0 Å². The van der Waals surface area contributed by atoms with Crippen molar-refractivity contribution in [3.8, 4) is 0 Å². The van der Waals surface area contributed by atoms with Crippen LogP contribution in [0.3, 0.4) is 0 Å². The lowest BCUT2D eigenvalue weighted by molar-refractivity contribution is 0.0714. The van der Waals surface area contributed by atoms with E-state index in [9.17, 15) is 0 Å². The highest BCUT2D eigenvalue weighted by Crippen LogP contribution is 2.24. The van der Waals surface area contributed by atoms with Crippen molar-refractivity contribution in [1.29, 1.82) is 0 Å². The van der Waals surface area contributed by atoms with Crippen LogP contribution < -0.4 is 5.32 Å². The molecule has 0 bridgehead atoms. The maximum Gasteiger partial charge on any atom is 0.0304 e. The Bertz CT molecular complexity index is 397. The molecule has 1 aromatic rings. The van der Waals surface area contributed by atoms with E-state index in [1.54, 1.807) is 0 Å². The van der Waals surface area contributed by atoms with Gasteiger partial charge in [0.25, 0.3) is 0 Å². The summed E-state index contributed by atoms with van der Waals surface area (Å²) in [7, 11) is 0. The van der Waals surface area contributed by atoms with E-state index in [1.807, 2.05) is 0 Å². The fraction of sp³-hybridized carbons (Fsp3) is 0.684. The molecule has 2 heteroatoms. The Hall–Kier alpha value is -0.860. The third kappa shape index (κ3) is 4.31. The van der Waals surface area contributed by atoms with Gasteiger partial charge in [-0.15, -0.1) is 0 Å². The lowest BCUT2D eigenvalue weighted by atomic mass is 9.87. The van der Waals surface area contributed by atoms with Crippen molar-refractivity contribution in [2.24, 2.45) is 0 Å². The third-order valence-corrected chi connectivity index (χ3v) is 5.20. The number of nitrogens with zero attached hydrogens (tertiary/aromatic N) is 1. The van der Waals surface area contributed by atoms with E-state index in [4.69, 9.17) is 0 Å². The van der Waals surface area contributed by atoms with E-state index >= 15 is 0 Å². The Morgan fingerprint density at radius 2 is 1.86 bits per heavy atom. The zero-order valence-corrected chi connectivity index (χ0v) is 14.1. The maximum absolute atomic E-state index is 3.87. The van der Waals surface area contributed by atoms with Gasteiger partial charge < -0.3 is 5.32 Å². The first-order chi connectivity index (χ1) is 10.2. The number of nitrogens with one attached hydrogen (secondary N) is 1. The van der Waals surface area contributed by atoms with Crippen LogP contribution in [0.15, 0.2) is 30.3 Å². The average molecular weight is 288 g/mol. The van der Waals surface area contributed by atoms with Crippen LogP contribution in [0.2, 0.25) is 0 Å². The monoisotopic (exact) mass is 288 g/mol. The number of rotatable bonds is 7. The van der Waals surface area contributed by atoms with Crippen LogP contribution in [0, 0.1) is 0 Å². The normalized spacial score (nSPS) is 22.3. The fourth-order valence-electron chi connectivity index (χ4n) is 3.47. The predicted octanol–water partition coefficient (Wildman–Crippen LogP) is 3.86. The second-order valence-electron chi connectivity index (χ2n) is 6.54. The second kappa shape index (κ2) is 7.95. The standard InChI is InChI=1S/C19H32N2/c1-4-7-13-21-16-19(5-2,6-3)20-15-18(21)14-17-11-9-8-10-12-17/h8-12,18,20H,4-7,13-16H2,1-3H3. The first kappa shape index (κ1) is 16.5. The molecule has 1 N–H and O–H groups in total. The second-order valence-corrected chi connectivity index (χ2v) is 6.54. The van der Waals surface area contributed by atoms with E-state index in [2.05, 4.69) is 61.3 Å². The molecule has 1 atom stereocenters. The molecule has 0 aliphatic carbocycles. The number of unbranched alkanes of at least 4 members (excludes halogenated alkanes) is 1. The molecule has 0 radical (unpaired) electrons. The summed E-state index contributed by atoms with van der Waals surface area (Å²) in [5, 5.41) is 3.87. The van der Waals surface area contributed by atoms with Crippen LogP contribution in [-0.2, 0) is 6.42 Å². The average Bonchev–Trinajstić information content (AvgIpc) is 2.55. The smallest absolute Gasteiger partial charge is 0.0304 e. The number of benzene rings is 1. The summed E-state index contributed by atoms with van der Waals surface area (Å²) in [5.41, 5.74) is 1.80. The molecule has 1 fully saturated rings. The number of hydrogen-bond acceptors (Lipinski definition) is 2. The van der Waals surface area contributed by atoms with Crippen LogP contribution in [0.1, 0.15) is 52.0 Å². The van der Waals surface area contributed by atoms with Gasteiger partial charge in [0.05, 0.1) is 0 Å². The molecular weight excluding hydrogens is 256 g/mol. The van der Waals surface area contributed by atoms with E-state index in [0.717, 1.165) is 6.54 Å². The summed E-state index contributed by atoms with van der Waals surface area (Å²) >= 11 is 0. The van der Waals surface area contributed by atoms with Crippen molar-refractivity contribution in [3.63, 3.8) is 0 Å². The van der Waals surface area contributed by atoms with Crippen molar-refractivity contribution in [3.05, 3.63) is 35.9 Å². The van der Waals surface area contributed by atoms with Gasteiger partial charge in [0.2, 0.25) is 0 Å². The summed E-state index contributed by atoms with van der Waals surface area (Å²) in [6.45, 7) is 10.5. The number of piperazine rings is 1. The lowest BCUT2D eigenvalue weighted by Gasteiger charge is -2.48. The summed E-state index contributed by atoms with van der Waals surface area (Å²) < 4.78 is 0. The van der Waals surface area contributed by atoms with Gasteiger partial charge in [-0.05, 0) is 37.8 Å². The van der Waals surface area contributed by atoms with Gasteiger partial charge in [-0.1, -0.05) is 57.5 Å². The summed E-state index contributed by atoms with van der Waals surface area (Å²) in [6, 6.07) is 11.6. The molecule has 1 heterocycles. The molecule has 1 unspecified atom stereocenters. The van der Waals surface area contributed by atoms with Gasteiger partial charge in [0.1, 0.15) is 0 Å².